The Morgan fingerprint density at radius 3 is 2.52 bits per heavy atom. The third-order valence-corrected chi connectivity index (χ3v) is 6.55. The van der Waals surface area contributed by atoms with Gasteiger partial charge in [-0.3, -0.25) is 0 Å². The molecule has 21 heavy (non-hydrogen) atoms. The van der Waals surface area contributed by atoms with Crippen molar-refractivity contribution in [1.82, 2.24) is 4.31 Å². The number of nitrogens with zero attached hydrogens (tertiary/aromatic N) is 1. The molecule has 0 amide bonds. The molecule has 1 aliphatic rings. The van der Waals surface area contributed by atoms with Gasteiger partial charge in [-0.1, -0.05) is 19.3 Å². The molecular formula is C14H21BrN2O3S. The molecule has 3 N–H and O–H groups in total. The lowest BCUT2D eigenvalue weighted by Gasteiger charge is -2.33. The fourth-order valence-corrected chi connectivity index (χ4v) is 4.74. The molecule has 0 aliphatic heterocycles. The summed E-state index contributed by atoms with van der Waals surface area (Å²) in [6.07, 6.45) is 4.92. The van der Waals surface area contributed by atoms with Crippen molar-refractivity contribution in [2.75, 3.05) is 18.9 Å². The zero-order valence-corrected chi connectivity index (χ0v) is 14.2. The van der Waals surface area contributed by atoms with Gasteiger partial charge in [-0.15, -0.1) is 0 Å². The van der Waals surface area contributed by atoms with Crippen molar-refractivity contribution in [3.63, 3.8) is 0 Å². The first-order chi connectivity index (χ1) is 9.96. The largest absolute Gasteiger partial charge is 0.398 e. The minimum atomic E-state index is -3.63. The molecule has 1 fully saturated rings. The van der Waals surface area contributed by atoms with Crippen LogP contribution in [0.4, 0.5) is 5.69 Å². The molecule has 0 spiro atoms. The summed E-state index contributed by atoms with van der Waals surface area (Å²) in [6.45, 7) is -0.0509. The summed E-state index contributed by atoms with van der Waals surface area (Å²) in [5, 5.41) is 9.24. The maximum atomic E-state index is 12.8. The highest BCUT2D eigenvalue weighted by Gasteiger charge is 2.32. The van der Waals surface area contributed by atoms with Crippen molar-refractivity contribution < 1.29 is 13.5 Å². The summed E-state index contributed by atoms with van der Waals surface area (Å²) >= 11 is 3.27. The van der Waals surface area contributed by atoms with Crippen LogP contribution in [0.1, 0.15) is 32.1 Å². The molecule has 5 nitrogen and oxygen atoms in total. The van der Waals surface area contributed by atoms with Crippen LogP contribution in [0.5, 0.6) is 0 Å². The smallest absolute Gasteiger partial charge is 0.243 e. The summed E-state index contributed by atoms with van der Waals surface area (Å²) in [5.41, 5.74) is 6.18. The fraction of sp³-hybridized carbons (Fsp3) is 0.571. The number of nitrogens with two attached hydrogens (primary N) is 1. The van der Waals surface area contributed by atoms with Gasteiger partial charge >= 0.3 is 0 Å². The number of aliphatic hydroxyl groups excluding tert-OH is 1. The molecule has 1 aromatic rings. The van der Waals surface area contributed by atoms with E-state index in [0.717, 1.165) is 32.1 Å². The zero-order chi connectivity index (χ0) is 15.5. The molecule has 2 rings (SSSR count). The van der Waals surface area contributed by atoms with Crippen molar-refractivity contribution in [1.29, 1.82) is 0 Å². The van der Waals surface area contributed by atoms with Gasteiger partial charge in [0.1, 0.15) is 0 Å². The van der Waals surface area contributed by atoms with Crippen LogP contribution in [0.3, 0.4) is 0 Å². The van der Waals surface area contributed by atoms with Gasteiger partial charge in [0, 0.05) is 22.7 Å². The van der Waals surface area contributed by atoms with Crippen LogP contribution in [0, 0.1) is 0 Å². The lowest BCUT2D eigenvalue weighted by atomic mass is 9.95. The van der Waals surface area contributed by atoms with E-state index in [9.17, 15) is 13.5 Å². The van der Waals surface area contributed by atoms with Crippen LogP contribution in [-0.4, -0.2) is 37.0 Å². The van der Waals surface area contributed by atoms with E-state index in [1.54, 1.807) is 12.1 Å². The van der Waals surface area contributed by atoms with E-state index < -0.39 is 10.0 Å². The van der Waals surface area contributed by atoms with Crippen LogP contribution in [-0.2, 0) is 10.0 Å². The highest BCUT2D eigenvalue weighted by molar-refractivity contribution is 9.10. The summed E-state index contributed by atoms with van der Waals surface area (Å²) in [6, 6.07) is 4.62. The van der Waals surface area contributed by atoms with Crippen molar-refractivity contribution in [2.24, 2.45) is 0 Å². The number of anilines is 1. The van der Waals surface area contributed by atoms with Crippen LogP contribution in [0.25, 0.3) is 0 Å². The van der Waals surface area contributed by atoms with Gasteiger partial charge in [-0.25, -0.2) is 8.42 Å². The van der Waals surface area contributed by atoms with Gasteiger partial charge in [0.2, 0.25) is 10.0 Å². The van der Waals surface area contributed by atoms with Gasteiger partial charge in [-0.2, -0.15) is 4.31 Å². The van der Waals surface area contributed by atoms with Gasteiger partial charge in [0.05, 0.1) is 11.5 Å². The Labute approximate surface area is 134 Å². The average molecular weight is 377 g/mol. The monoisotopic (exact) mass is 376 g/mol. The van der Waals surface area contributed by atoms with Crippen molar-refractivity contribution in [3.8, 4) is 0 Å². The SMILES string of the molecule is Nc1cc(S(=O)(=O)N(CCO)C2CCCCC2)ccc1Br. The molecule has 7 heteroatoms. The van der Waals surface area contributed by atoms with Gasteiger partial charge in [-0.05, 0) is 47.0 Å². The maximum absolute atomic E-state index is 12.8. The number of hydrogen-bond acceptors (Lipinski definition) is 4. The van der Waals surface area contributed by atoms with Gasteiger partial charge < -0.3 is 10.8 Å². The van der Waals surface area contributed by atoms with Crippen LogP contribution in [0.2, 0.25) is 0 Å². The lowest BCUT2D eigenvalue weighted by Crippen LogP contribution is -2.43. The molecule has 1 aliphatic carbocycles. The summed E-state index contributed by atoms with van der Waals surface area (Å²) < 4.78 is 27.8. The van der Waals surface area contributed by atoms with E-state index in [1.807, 2.05) is 0 Å². The molecule has 118 valence electrons. The Balaban J connectivity index is 2.34. The maximum Gasteiger partial charge on any atom is 0.243 e. The molecule has 0 bridgehead atoms. The van der Waals surface area contributed by atoms with E-state index in [2.05, 4.69) is 15.9 Å². The standard InChI is InChI=1S/C14H21BrN2O3S/c15-13-7-6-12(10-14(13)16)21(19,20)17(8-9-18)11-4-2-1-3-5-11/h6-7,10-11,18H,1-5,8-9,16H2. The normalized spacial score (nSPS) is 17.3. The second-order valence-electron chi connectivity index (χ2n) is 5.31. The third-order valence-electron chi connectivity index (χ3n) is 3.88. The Hall–Kier alpha value is -0.630. The van der Waals surface area contributed by atoms with Gasteiger partial charge in [0.25, 0.3) is 0 Å². The Morgan fingerprint density at radius 2 is 1.95 bits per heavy atom. The van der Waals surface area contributed by atoms with E-state index in [4.69, 9.17) is 5.73 Å². The van der Waals surface area contributed by atoms with E-state index >= 15 is 0 Å². The van der Waals surface area contributed by atoms with Crippen LogP contribution in [0.15, 0.2) is 27.6 Å². The second-order valence-corrected chi connectivity index (χ2v) is 8.06. The molecule has 1 aromatic carbocycles. The highest BCUT2D eigenvalue weighted by atomic mass is 79.9. The zero-order valence-electron chi connectivity index (χ0n) is 11.8. The summed E-state index contributed by atoms with van der Waals surface area (Å²) in [7, 11) is -3.63. The van der Waals surface area contributed by atoms with Crippen molar-refractivity contribution >= 4 is 31.6 Å². The Bertz CT molecular complexity index is 586. The first-order valence-corrected chi connectivity index (χ1v) is 9.38. The molecule has 0 saturated heterocycles. The van der Waals surface area contributed by atoms with E-state index in [-0.39, 0.29) is 24.1 Å². The first-order valence-electron chi connectivity index (χ1n) is 7.14. The number of halogens is 1. The number of sulfonamides is 1. The Morgan fingerprint density at radius 1 is 1.29 bits per heavy atom. The molecule has 0 unspecified atom stereocenters. The molecule has 0 radical (unpaired) electrons. The quantitative estimate of drug-likeness (QED) is 0.772. The summed E-state index contributed by atoms with van der Waals surface area (Å²) in [4.78, 5) is 0.183. The molecular weight excluding hydrogens is 356 g/mol. The van der Waals surface area contributed by atoms with Crippen LogP contribution >= 0.6 is 15.9 Å². The number of nitrogen functional groups attached to an aromatic ring is 1. The number of aliphatic hydroxyl groups is 1. The average Bonchev–Trinajstić information content (AvgIpc) is 2.48. The highest BCUT2D eigenvalue weighted by Crippen LogP contribution is 2.29. The second kappa shape index (κ2) is 7.09. The van der Waals surface area contributed by atoms with Crippen LogP contribution < -0.4 is 5.73 Å². The predicted molar refractivity (Wildman–Crippen MR) is 86.4 cm³/mol. The van der Waals surface area contributed by atoms with Gasteiger partial charge in [0.15, 0.2) is 0 Å². The topological polar surface area (TPSA) is 83.6 Å². The number of benzene rings is 1. The number of rotatable bonds is 5. The van der Waals surface area contributed by atoms with Crippen molar-refractivity contribution in [3.05, 3.63) is 22.7 Å². The first kappa shape index (κ1) is 16.7. The molecule has 0 heterocycles. The minimum Gasteiger partial charge on any atom is -0.398 e. The fourth-order valence-electron chi connectivity index (χ4n) is 2.78. The predicted octanol–water partition coefficient (Wildman–Crippen LogP) is 2.35. The molecule has 0 aromatic heterocycles. The van der Waals surface area contributed by atoms with E-state index in [1.165, 1.54) is 10.4 Å². The van der Waals surface area contributed by atoms with Crippen molar-refractivity contribution in [2.45, 2.75) is 43.0 Å². The molecule has 1 saturated carbocycles. The van der Waals surface area contributed by atoms with E-state index in [0.29, 0.717) is 10.2 Å². The molecule has 0 atom stereocenters. The minimum absolute atomic E-state index is 0.0271. The third kappa shape index (κ3) is 3.77. The Kier molecular flexibility index (Phi) is 5.65. The number of hydrogen-bond donors (Lipinski definition) is 2. The lowest BCUT2D eigenvalue weighted by molar-refractivity contribution is 0.199. The summed E-state index contributed by atoms with van der Waals surface area (Å²) in [5.74, 6) is 0.